The molecule has 2 aliphatic heterocycles. The molecule has 6 nitrogen and oxygen atoms in total. The molecule has 0 aromatic heterocycles. The van der Waals surface area contributed by atoms with Gasteiger partial charge in [-0.25, -0.2) is 4.79 Å². The number of fused-ring (bicyclic) bond motifs is 3. The number of ether oxygens (including phenoxy) is 3. The monoisotopic (exact) mass is 241 g/mol. The molecule has 6 heteroatoms. The maximum absolute atomic E-state index is 11.2. The number of carbonyl (C=O) groups excluding carboxylic acids is 1. The molecule has 2 heterocycles. The topological polar surface area (TPSA) is 80.3 Å². The van der Waals surface area contributed by atoms with Crippen LogP contribution in [0.2, 0.25) is 0 Å². The second kappa shape index (κ2) is 3.61. The fourth-order valence-electron chi connectivity index (χ4n) is 2.98. The van der Waals surface area contributed by atoms with Crippen LogP contribution < -0.4 is 5.32 Å². The normalized spacial score (nSPS) is 45.5. The van der Waals surface area contributed by atoms with Crippen LogP contribution in [-0.4, -0.2) is 42.8 Å². The lowest BCUT2D eigenvalue weighted by Crippen LogP contribution is -2.44. The van der Waals surface area contributed by atoms with Crippen molar-refractivity contribution < 1.29 is 24.1 Å². The number of carbonyl (C=O) groups is 1. The van der Waals surface area contributed by atoms with Gasteiger partial charge in [-0.1, -0.05) is 0 Å². The molecule has 0 spiro atoms. The zero-order valence-electron chi connectivity index (χ0n) is 9.46. The van der Waals surface area contributed by atoms with E-state index in [1.165, 1.54) is 7.05 Å². The van der Waals surface area contributed by atoms with E-state index in [0.29, 0.717) is 0 Å². The number of hydrogen-bond acceptors (Lipinski definition) is 5. The first-order chi connectivity index (χ1) is 8.21. The number of aliphatic hydroxyl groups is 1. The molecule has 94 valence electrons. The van der Waals surface area contributed by atoms with E-state index in [-0.39, 0.29) is 24.5 Å². The highest BCUT2D eigenvalue weighted by molar-refractivity contribution is 5.66. The van der Waals surface area contributed by atoms with Crippen molar-refractivity contribution >= 4 is 6.09 Å². The lowest BCUT2D eigenvalue weighted by molar-refractivity contribution is -0.140. The molecule has 0 aromatic carbocycles. The van der Waals surface area contributed by atoms with E-state index in [2.05, 4.69) is 5.32 Å². The molecule has 0 bridgehead atoms. The first-order valence-corrected chi connectivity index (χ1v) is 5.70. The van der Waals surface area contributed by atoms with Crippen LogP contribution in [0.5, 0.6) is 0 Å². The summed E-state index contributed by atoms with van der Waals surface area (Å²) >= 11 is 0. The lowest BCUT2D eigenvalue weighted by Gasteiger charge is -2.33. The zero-order valence-corrected chi connectivity index (χ0v) is 9.46. The van der Waals surface area contributed by atoms with Crippen LogP contribution in [0.15, 0.2) is 12.3 Å². The van der Waals surface area contributed by atoms with Gasteiger partial charge < -0.3 is 24.6 Å². The molecule has 3 rings (SSSR count). The summed E-state index contributed by atoms with van der Waals surface area (Å²) in [5, 5.41) is 11.8. The minimum Gasteiger partial charge on any atom is -0.462 e. The van der Waals surface area contributed by atoms with Gasteiger partial charge in [0.2, 0.25) is 0 Å². The number of hydrogen-bond donors (Lipinski definition) is 2. The van der Waals surface area contributed by atoms with E-state index < -0.39 is 18.0 Å². The van der Waals surface area contributed by atoms with Gasteiger partial charge in [0.25, 0.3) is 6.29 Å². The predicted molar refractivity (Wildman–Crippen MR) is 55.8 cm³/mol. The fourth-order valence-corrected chi connectivity index (χ4v) is 2.98. The van der Waals surface area contributed by atoms with Crippen molar-refractivity contribution in [1.82, 2.24) is 5.32 Å². The SMILES string of the molecule is CNC(=O)O[C@@H]1OC=C[C@@H]2C[C@@H]3O[C@@]3(CO)[C@H]12. The number of epoxide rings is 1. The summed E-state index contributed by atoms with van der Waals surface area (Å²) in [6.07, 6.45) is 3.18. The lowest BCUT2D eigenvalue weighted by atomic mass is 9.86. The van der Waals surface area contributed by atoms with Crippen molar-refractivity contribution in [2.45, 2.75) is 24.4 Å². The summed E-state index contributed by atoms with van der Waals surface area (Å²) in [7, 11) is 1.49. The van der Waals surface area contributed by atoms with Gasteiger partial charge >= 0.3 is 6.09 Å². The van der Waals surface area contributed by atoms with E-state index in [4.69, 9.17) is 14.2 Å². The Morgan fingerprint density at radius 1 is 1.71 bits per heavy atom. The average Bonchev–Trinajstić information content (AvgIpc) is 2.95. The van der Waals surface area contributed by atoms with Crippen molar-refractivity contribution in [2.24, 2.45) is 11.8 Å². The quantitative estimate of drug-likeness (QED) is 0.664. The number of aliphatic hydroxyl groups excluding tert-OH is 1. The second-order valence-corrected chi connectivity index (χ2v) is 4.63. The summed E-state index contributed by atoms with van der Waals surface area (Å²) in [4.78, 5) is 11.2. The third kappa shape index (κ3) is 1.44. The van der Waals surface area contributed by atoms with Crippen LogP contribution in [0.4, 0.5) is 4.79 Å². The summed E-state index contributed by atoms with van der Waals surface area (Å²) in [5.41, 5.74) is -0.575. The van der Waals surface area contributed by atoms with E-state index >= 15 is 0 Å². The van der Waals surface area contributed by atoms with Crippen molar-refractivity contribution in [2.75, 3.05) is 13.7 Å². The van der Waals surface area contributed by atoms with E-state index in [9.17, 15) is 9.90 Å². The molecule has 2 N–H and O–H groups in total. The summed E-state index contributed by atoms with van der Waals surface area (Å²) in [5.74, 6) is 0.115. The molecule has 17 heavy (non-hydrogen) atoms. The van der Waals surface area contributed by atoms with Gasteiger partial charge in [-0.15, -0.1) is 0 Å². The molecule has 5 atom stereocenters. The Morgan fingerprint density at radius 3 is 3.24 bits per heavy atom. The Labute approximate surface area is 98.5 Å². The number of alkyl carbamates (subject to hydrolysis) is 1. The third-order valence-electron chi connectivity index (χ3n) is 3.87. The van der Waals surface area contributed by atoms with Crippen LogP contribution in [-0.2, 0) is 14.2 Å². The minimum absolute atomic E-state index is 0.0598. The van der Waals surface area contributed by atoms with E-state index in [1.807, 2.05) is 6.08 Å². The van der Waals surface area contributed by atoms with Crippen molar-refractivity contribution in [3.8, 4) is 0 Å². The van der Waals surface area contributed by atoms with Crippen LogP contribution in [0, 0.1) is 11.8 Å². The smallest absolute Gasteiger partial charge is 0.409 e. The van der Waals surface area contributed by atoms with Gasteiger partial charge in [-0.3, -0.25) is 0 Å². The standard InChI is InChI=1S/C11H15NO5/c1-12-10(14)16-9-8-6(2-3-15-9)4-7-11(8,5-13)17-7/h2-3,6-9,13H,4-5H2,1H3,(H,12,14)/t6-,7+,8+,9+,11-/m1/s1. The molecular weight excluding hydrogens is 226 g/mol. The predicted octanol–water partition coefficient (Wildman–Crippen LogP) is -0.0216. The zero-order chi connectivity index (χ0) is 12.0. The highest BCUT2D eigenvalue weighted by Crippen LogP contribution is 2.59. The summed E-state index contributed by atoms with van der Waals surface area (Å²) in [6, 6.07) is 0. The molecule has 1 saturated carbocycles. The molecule has 0 radical (unpaired) electrons. The Balaban J connectivity index is 1.80. The van der Waals surface area contributed by atoms with Gasteiger partial charge in [0.15, 0.2) is 0 Å². The highest BCUT2D eigenvalue weighted by Gasteiger charge is 2.71. The van der Waals surface area contributed by atoms with Gasteiger partial charge in [-0.05, 0) is 18.4 Å². The average molecular weight is 241 g/mol. The molecule has 0 aromatic rings. The number of nitrogens with one attached hydrogen (secondary N) is 1. The molecule has 2 fully saturated rings. The van der Waals surface area contributed by atoms with Crippen molar-refractivity contribution in [3.63, 3.8) is 0 Å². The Morgan fingerprint density at radius 2 is 2.53 bits per heavy atom. The van der Waals surface area contributed by atoms with Crippen LogP contribution in [0.1, 0.15) is 6.42 Å². The van der Waals surface area contributed by atoms with Crippen molar-refractivity contribution in [1.29, 1.82) is 0 Å². The van der Waals surface area contributed by atoms with Crippen LogP contribution in [0.25, 0.3) is 0 Å². The van der Waals surface area contributed by atoms with Gasteiger partial charge in [0, 0.05) is 7.05 Å². The Kier molecular flexibility index (Phi) is 2.31. The van der Waals surface area contributed by atoms with Gasteiger partial charge in [0.1, 0.15) is 5.60 Å². The molecule has 1 amide bonds. The third-order valence-corrected chi connectivity index (χ3v) is 3.87. The number of allylic oxidation sites excluding steroid dienone is 1. The molecule has 0 unspecified atom stereocenters. The molecule has 3 aliphatic rings. The van der Waals surface area contributed by atoms with Crippen LogP contribution >= 0.6 is 0 Å². The first kappa shape index (κ1) is 10.9. The van der Waals surface area contributed by atoms with E-state index in [1.54, 1.807) is 6.26 Å². The second-order valence-electron chi connectivity index (χ2n) is 4.63. The summed E-state index contributed by atoms with van der Waals surface area (Å²) < 4.78 is 16.0. The minimum atomic E-state index is -0.690. The van der Waals surface area contributed by atoms with Crippen LogP contribution in [0.3, 0.4) is 0 Å². The molecular formula is C11H15NO5. The number of amides is 1. The Bertz CT molecular complexity index is 367. The number of rotatable bonds is 2. The maximum Gasteiger partial charge on any atom is 0.409 e. The summed E-state index contributed by atoms with van der Waals surface area (Å²) in [6.45, 7) is -0.0658. The largest absolute Gasteiger partial charge is 0.462 e. The molecule has 1 saturated heterocycles. The Hall–Kier alpha value is -1.27. The van der Waals surface area contributed by atoms with Gasteiger partial charge in [-0.2, -0.15) is 0 Å². The van der Waals surface area contributed by atoms with Crippen molar-refractivity contribution in [3.05, 3.63) is 12.3 Å². The fraction of sp³-hybridized carbons (Fsp3) is 0.727. The van der Waals surface area contributed by atoms with E-state index in [0.717, 1.165) is 6.42 Å². The highest BCUT2D eigenvalue weighted by atomic mass is 16.7. The maximum atomic E-state index is 11.2. The molecule has 1 aliphatic carbocycles. The van der Waals surface area contributed by atoms with Gasteiger partial charge in [0.05, 0.1) is 24.9 Å². The first-order valence-electron chi connectivity index (χ1n) is 5.70.